The molecule has 0 spiro atoms. The van der Waals surface area contributed by atoms with Gasteiger partial charge in [-0.05, 0) is 67.6 Å². The average Bonchev–Trinajstić information content (AvgIpc) is 2.72. The molecule has 0 amide bonds. The molecule has 0 aromatic heterocycles. The van der Waals surface area contributed by atoms with Gasteiger partial charge in [-0.3, -0.25) is 9.59 Å². The second-order valence-corrected chi connectivity index (χ2v) is 9.36. The quantitative estimate of drug-likeness (QED) is 0.664. The van der Waals surface area contributed by atoms with Crippen LogP contribution in [0.4, 0.5) is 0 Å². The number of hydrogen-bond donors (Lipinski definition) is 0. The first-order valence-corrected chi connectivity index (χ1v) is 9.42. The van der Waals surface area contributed by atoms with E-state index in [0.717, 1.165) is 43.9 Å². The molecule has 4 fully saturated rings. The van der Waals surface area contributed by atoms with E-state index in [1.54, 1.807) is 0 Å². The number of carbonyl (C=O) groups is 2. The van der Waals surface area contributed by atoms with Crippen molar-refractivity contribution in [3.8, 4) is 0 Å². The van der Waals surface area contributed by atoms with Crippen LogP contribution >= 0.6 is 0 Å². The maximum atomic E-state index is 12.7. The highest BCUT2D eigenvalue weighted by molar-refractivity contribution is 5.89. The number of carbonyl (C=O) groups excluding carboxylic acids is 2. The summed E-state index contributed by atoms with van der Waals surface area (Å²) in [5, 5.41) is 0. The van der Waals surface area contributed by atoms with Gasteiger partial charge in [0, 0.05) is 24.2 Å². The molecule has 122 valence electrons. The maximum absolute atomic E-state index is 12.7. The summed E-state index contributed by atoms with van der Waals surface area (Å²) in [7, 11) is 0. The Hall–Kier alpha value is -0.660. The van der Waals surface area contributed by atoms with Gasteiger partial charge in [-0.15, -0.1) is 0 Å². The van der Waals surface area contributed by atoms with Crippen molar-refractivity contribution in [1.29, 1.82) is 0 Å². The molecular weight excluding hydrogens is 272 g/mol. The SMILES string of the molecule is C[C@@H]1C[C@H]2[C@@H]3CC[C@H]4CC(=O)CC[C@]4(C)[C@H]3CC[C@]2(C)C1=O. The van der Waals surface area contributed by atoms with Crippen molar-refractivity contribution < 1.29 is 9.59 Å². The number of Topliss-reactive ketones (excluding diaryl/α,β-unsaturated/α-hetero) is 2. The van der Waals surface area contributed by atoms with Gasteiger partial charge < -0.3 is 0 Å². The Labute approximate surface area is 134 Å². The molecule has 0 heterocycles. The molecule has 2 nitrogen and oxygen atoms in total. The minimum Gasteiger partial charge on any atom is -0.300 e. The van der Waals surface area contributed by atoms with E-state index < -0.39 is 0 Å². The van der Waals surface area contributed by atoms with Crippen LogP contribution in [0.3, 0.4) is 0 Å². The Balaban J connectivity index is 1.66. The van der Waals surface area contributed by atoms with Gasteiger partial charge in [0.2, 0.25) is 0 Å². The normalized spacial score (nSPS) is 54.6. The lowest BCUT2D eigenvalue weighted by Gasteiger charge is -2.59. The van der Waals surface area contributed by atoms with Crippen LogP contribution < -0.4 is 0 Å². The van der Waals surface area contributed by atoms with Crippen molar-refractivity contribution in [3.63, 3.8) is 0 Å². The first-order valence-electron chi connectivity index (χ1n) is 9.42. The van der Waals surface area contributed by atoms with E-state index in [0.29, 0.717) is 28.8 Å². The number of fused-ring (bicyclic) bond motifs is 5. The van der Waals surface area contributed by atoms with Gasteiger partial charge in [0.05, 0.1) is 0 Å². The summed E-state index contributed by atoms with van der Waals surface area (Å²) < 4.78 is 0. The lowest BCUT2D eigenvalue weighted by atomic mass is 9.45. The summed E-state index contributed by atoms with van der Waals surface area (Å²) in [5.74, 6) is 4.04. The van der Waals surface area contributed by atoms with Crippen molar-refractivity contribution in [1.82, 2.24) is 0 Å². The van der Waals surface area contributed by atoms with E-state index in [-0.39, 0.29) is 11.3 Å². The monoisotopic (exact) mass is 302 g/mol. The van der Waals surface area contributed by atoms with Crippen LogP contribution in [0.15, 0.2) is 0 Å². The smallest absolute Gasteiger partial charge is 0.141 e. The third kappa shape index (κ3) is 1.79. The Morgan fingerprint density at radius 2 is 1.77 bits per heavy atom. The fraction of sp³-hybridized carbons (Fsp3) is 0.900. The minimum absolute atomic E-state index is 0.0335. The molecule has 0 aliphatic heterocycles. The number of hydrogen-bond acceptors (Lipinski definition) is 2. The van der Waals surface area contributed by atoms with Gasteiger partial charge in [0.25, 0.3) is 0 Å². The highest BCUT2D eigenvalue weighted by Gasteiger charge is 2.61. The van der Waals surface area contributed by atoms with Gasteiger partial charge in [-0.25, -0.2) is 0 Å². The molecule has 0 radical (unpaired) electrons. The van der Waals surface area contributed by atoms with Crippen molar-refractivity contribution in [2.24, 2.45) is 40.4 Å². The first kappa shape index (κ1) is 14.9. The van der Waals surface area contributed by atoms with Crippen LogP contribution in [0.2, 0.25) is 0 Å². The molecule has 4 saturated carbocycles. The molecular formula is C20H30O2. The van der Waals surface area contributed by atoms with Gasteiger partial charge in [-0.1, -0.05) is 20.8 Å². The standard InChI is InChI=1S/C20H30O2/c1-12-10-17-15-5-4-13-11-14(21)6-8-19(13,2)16(15)7-9-20(17,3)18(12)22/h12-13,15-17H,4-11H2,1-3H3/t12-,13+,15-,16+,17+,19+,20+/m1/s1. The van der Waals surface area contributed by atoms with Crippen molar-refractivity contribution in [3.05, 3.63) is 0 Å². The summed E-state index contributed by atoms with van der Waals surface area (Å²) in [5.41, 5.74) is 0.335. The van der Waals surface area contributed by atoms with E-state index >= 15 is 0 Å². The van der Waals surface area contributed by atoms with Gasteiger partial charge in [-0.2, -0.15) is 0 Å². The van der Waals surface area contributed by atoms with Crippen LogP contribution in [-0.4, -0.2) is 11.6 Å². The first-order chi connectivity index (χ1) is 10.4. The molecule has 4 aliphatic rings. The van der Waals surface area contributed by atoms with Gasteiger partial charge >= 0.3 is 0 Å². The summed E-state index contributed by atoms with van der Waals surface area (Å²) in [6.07, 6.45) is 8.65. The Morgan fingerprint density at radius 1 is 1.00 bits per heavy atom. The van der Waals surface area contributed by atoms with Crippen LogP contribution in [0, 0.1) is 40.4 Å². The molecule has 22 heavy (non-hydrogen) atoms. The lowest BCUT2D eigenvalue weighted by molar-refractivity contribution is -0.144. The fourth-order valence-electron chi connectivity index (χ4n) is 7.16. The molecule has 4 aliphatic carbocycles. The molecule has 0 N–H and O–H groups in total. The molecule has 0 aromatic rings. The van der Waals surface area contributed by atoms with E-state index in [1.165, 1.54) is 19.3 Å². The molecule has 0 bridgehead atoms. The minimum atomic E-state index is -0.0335. The predicted molar refractivity (Wildman–Crippen MR) is 86.3 cm³/mol. The average molecular weight is 302 g/mol. The zero-order valence-electron chi connectivity index (χ0n) is 14.4. The van der Waals surface area contributed by atoms with Crippen LogP contribution in [0.5, 0.6) is 0 Å². The third-order valence-electron chi connectivity index (χ3n) is 8.49. The second-order valence-electron chi connectivity index (χ2n) is 9.36. The van der Waals surface area contributed by atoms with E-state index in [4.69, 9.17) is 0 Å². The van der Waals surface area contributed by atoms with Crippen LogP contribution in [-0.2, 0) is 9.59 Å². The maximum Gasteiger partial charge on any atom is 0.141 e. The van der Waals surface area contributed by atoms with Crippen molar-refractivity contribution in [2.45, 2.75) is 72.1 Å². The van der Waals surface area contributed by atoms with Crippen molar-refractivity contribution >= 4 is 11.6 Å². The Bertz CT molecular complexity index is 524. The molecule has 0 aromatic carbocycles. The van der Waals surface area contributed by atoms with Gasteiger partial charge in [0.15, 0.2) is 0 Å². The summed E-state index contributed by atoms with van der Waals surface area (Å²) in [6, 6.07) is 0. The van der Waals surface area contributed by atoms with Crippen molar-refractivity contribution in [2.75, 3.05) is 0 Å². The zero-order chi connectivity index (χ0) is 15.7. The summed E-state index contributed by atoms with van der Waals surface area (Å²) in [6.45, 7) is 6.88. The summed E-state index contributed by atoms with van der Waals surface area (Å²) in [4.78, 5) is 24.6. The molecule has 2 heteroatoms. The third-order valence-corrected chi connectivity index (χ3v) is 8.49. The van der Waals surface area contributed by atoms with Gasteiger partial charge in [0.1, 0.15) is 11.6 Å². The fourth-order valence-corrected chi connectivity index (χ4v) is 7.16. The topological polar surface area (TPSA) is 34.1 Å². The molecule has 4 rings (SSSR count). The zero-order valence-corrected chi connectivity index (χ0v) is 14.4. The lowest BCUT2D eigenvalue weighted by Crippen LogP contribution is -2.53. The largest absolute Gasteiger partial charge is 0.300 e. The summed E-state index contributed by atoms with van der Waals surface area (Å²) >= 11 is 0. The molecule has 7 atom stereocenters. The second kappa shape index (κ2) is 4.68. The highest BCUT2D eigenvalue weighted by Crippen LogP contribution is 2.65. The highest BCUT2D eigenvalue weighted by atomic mass is 16.1. The number of rotatable bonds is 0. The number of ketones is 2. The van der Waals surface area contributed by atoms with Crippen LogP contribution in [0.25, 0.3) is 0 Å². The van der Waals surface area contributed by atoms with E-state index in [1.807, 2.05) is 0 Å². The Morgan fingerprint density at radius 3 is 2.55 bits per heavy atom. The Kier molecular flexibility index (Phi) is 3.17. The van der Waals surface area contributed by atoms with E-state index in [2.05, 4.69) is 20.8 Å². The predicted octanol–water partition coefficient (Wildman–Crippen LogP) is 4.41. The van der Waals surface area contributed by atoms with E-state index in [9.17, 15) is 9.59 Å². The molecule has 0 saturated heterocycles. The van der Waals surface area contributed by atoms with Crippen LogP contribution in [0.1, 0.15) is 72.1 Å². The molecule has 0 unspecified atom stereocenters.